The number of amides is 1. The summed E-state index contributed by atoms with van der Waals surface area (Å²) in [6.45, 7) is 10.1. The minimum absolute atomic E-state index is 0.0934. The van der Waals surface area contributed by atoms with E-state index in [-0.39, 0.29) is 5.91 Å². The summed E-state index contributed by atoms with van der Waals surface area (Å²) in [5, 5.41) is 13.2. The molecule has 3 heterocycles. The fourth-order valence-electron chi connectivity index (χ4n) is 3.88. The highest BCUT2D eigenvalue weighted by molar-refractivity contribution is 5.95. The second kappa shape index (κ2) is 8.21. The van der Waals surface area contributed by atoms with Gasteiger partial charge >= 0.3 is 0 Å². The quantitative estimate of drug-likeness (QED) is 0.773. The minimum atomic E-state index is 0.0934. The summed E-state index contributed by atoms with van der Waals surface area (Å²) in [5.41, 5.74) is 1.67. The van der Waals surface area contributed by atoms with Gasteiger partial charge in [0.05, 0.1) is 18.3 Å². The Kier molecular flexibility index (Phi) is 5.94. The minimum Gasteiger partial charge on any atom is -0.338 e. The van der Waals surface area contributed by atoms with Crippen LogP contribution in [0.5, 0.6) is 0 Å². The molecule has 2 aromatic rings. The molecule has 148 valence electrons. The number of carbonyl (C=O) groups is 1. The molecular weight excluding hydrogens is 342 g/mol. The fourth-order valence-corrected chi connectivity index (χ4v) is 3.88. The van der Waals surface area contributed by atoms with Gasteiger partial charge in [-0.25, -0.2) is 0 Å². The molecule has 0 N–H and O–H groups in total. The molecule has 8 heteroatoms. The van der Waals surface area contributed by atoms with Crippen molar-refractivity contribution >= 4 is 5.91 Å². The maximum absolute atomic E-state index is 12.9. The van der Waals surface area contributed by atoms with Crippen LogP contribution in [0.1, 0.15) is 60.3 Å². The highest BCUT2D eigenvalue weighted by atomic mass is 16.2. The van der Waals surface area contributed by atoms with Crippen LogP contribution < -0.4 is 0 Å². The van der Waals surface area contributed by atoms with Gasteiger partial charge in [0.25, 0.3) is 5.91 Å². The molecule has 1 amide bonds. The Morgan fingerprint density at radius 3 is 2.44 bits per heavy atom. The van der Waals surface area contributed by atoms with Crippen LogP contribution in [-0.2, 0) is 19.6 Å². The van der Waals surface area contributed by atoms with Crippen LogP contribution in [-0.4, -0.2) is 67.4 Å². The van der Waals surface area contributed by atoms with Gasteiger partial charge in [-0.3, -0.25) is 9.48 Å². The summed E-state index contributed by atoms with van der Waals surface area (Å²) in [7, 11) is 4.09. The molecule has 3 rings (SSSR count). The Labute approximate surface area is 161 Å². The van der Waals surface area contributed by atoms with Crippen molar-refractivity contribution in [3.05, 3.63) is 29.1 Å². The van der Waals surface area contributed by atoms with Gasteiger partial charge in [0.15, 0.2) is 0 Å². The van der Waals surface area contributed by atoms with Crippen molar-refractivity contribution in [2.24, 2.45) is 0 Å². The van der Waals surface area contributed by atoms with Gasteiger partial charge in [0.1, 0.15) is 11.6 Å². The number of hydrogen-bond acceptors (Lipinski definition) is 5. The zero-order valence-electron chi connectivity index (χ0n) is 17.1. The molecule has 0 aromatic carbocycles. The largest absolute Gasteiger partial charge is 0.338 e. The third-order valence-electron chi connectivity index (χ3n) is 5.41. The normalized spacial score (nSPS) is 15.7. The van der Waals surface area contributed by atoms with Crippen molar-refractivity contribution < 1.29 is 4.79 Å². The Morgan fingerprint density at radius 2 is 1.89 bits per heavy atom. The zero-order chi connectivity index (χ0) is 19.6. The molecule has 1 aliphatic rings. The third kappa shape index (κ3) is 3.90. The van der Waals surface area contributed by atoms with Gasteiger partial charge < -0.3 is 14.4 Å². The highest BCUT2D eigenvalue weighted by Crippen LogP contribution is 2.28. The highest BCUT2D eigenvalue weighted by Gasteiger charge is 2.29. The molecule has 2 aromatic heterocycles. The summed E-state index contributed by atoms with van der Waals surface area (Å²) >= 11 is 0. The lowest BCUT2D eigenvalue weighted by atomic mass is 9.95. The first kappa shape index (κ1) is 19.5. The molecule has 27 heavy (non-hydrogen) atoms. The lowest BCUT2D eigenvalue weighted by Gasteiger charge is -2.31. The Morgan fingerprint density at radius 1 is 1.19 bits per heavy atom. The number of aromatic nitrogens is 5. The smallest absolute Gasteiger partial charge is 0.257 e. The van der Waals surface area contributed by atoms with Gasteiger partial charge in [-0.1, -0.05) is 0 Å². The van der Waals surface area contributed by atoms with Gasteiger partial charge in [0.2, 0.25) is 0 Å². The van der Waals surface area contributed by atoms with E-state index < -0.39 is 0 Å². The van der Waals surface area contributed by atoms with Gasteiger partial charge in [-0.05, 0) is 47.7 Å². The van der Waals surface area contributed by atoms with Gasteiger partial charge in [-0.2, -0.15) is 5.10 Å². The van der Waals surface area contributed by atoms with Crippen molar-refractivity contribution in [2.45, 2.75) is 59.2 Å². The second-order valence-corrected chi connectivity index (χ2v) is 7.48. The van der Waals surface area contributed by atoms with Crippen LogP contribution in [0.3, 0.4) is 0 Å². The number of aryl methyl sites for hydroxylation is 1. The molecule has 1 saturated heterocycles. The molecule has 1 aliphatic heterocycles. The number of carbonyl (C=O) groups excluding carboxylic acids is 1. The molecule has 0 saturated carbocycles. The van der Waals surface area contributed by atoms with E-state index >= 15 is 0 Å². The fraction of sp³-hybridized carbons (Fsp3) is 0.684. The first-order valence-corrected chi connectivity index (χ1v) is 9.84. The molecule has 0 unspecified atom stereocenters. The van der Waals surface area contributed by atoms with Crippen molar-refractivity contribution in [1.29, 1.82) is 0 Å². The molecule has 0 aliphatic carbocycles. The third-order valence-corrected chi connectivity index (χ3v) is 5.41. The summed E-state index contributed by atoms with van der Waals surface area (Å²) in [5.74, 6) is 2.53. The Balaban J connectivity index is 1.67. The zero-order valence-corrected chi connectivity index (χ0v) is 17.1. The van der Waals surface area contributed by atoms with Crippen LogP contribution >= 0.6 is 0 Å². The van der Waals surface area contributed by atoms with Crippen LogP contribution in [0.15, 0.2) is 6.20 Å². The summed E-state index contributed by atoms with van der Waals surface area (Å²) in [4.78, 5) is 16.9. The van der Waals surface area contributed by atoms with Crippen molar-refractivity contribution in [3.8, 4) is 0 Å². The number of nitrogens with zero attached hydrogens (tertiary/aromatic N) is 7. The van der Waals surface area contributed by atoms with Crippen molar-refractivity contribution in [3.63, 3.8) is 0 Å². The maximum atomic E-state index is 12.9. The average Bonchev–Trinajstić information content (AvgIpc) is 3.23. The van der Waals surface area contributed by atoms with E-state index in [0.717, 1.165) is 68.5 Å². The van der Waals surface area contributed by atoms with E-state index in [1.54, 1.807) is 6.20 Å². The molecule has 0 bridgehead atoms. The summed E-state index contributed by atoms with van der Waals surface area (Å²) in [6, 6.07) is 0. The molecular formula is C19H31N7O. The number of rotatable bonds is 6. The summed E-state index contributed by atoms with van der Waals surface area (Å²) < 4.78 is 4.10. The first-order chi connectivity index (χ1) is 13.0. The van der Waals surface area contributed by atoms with Crippen LogP contribution in [0.4, 0.5) is 0 Å². The number of piperidine rings is 1. The van der Waals surface area contributed by atoms with Gasteiger partial charge in [-0.15, -0.1) is 10.2 Å². The summed E-state index contributed by atoms with van der Waals surface area (Å²) in [6.07, 6.45) is 3.55. The average molecular weight is 374 g/mol. The van der Waals surface area contributed by atoms with E-state index in [0.29, 0.717) is 5.92 Å². The predicted octanol–water partition coefficient (Wildman–Crippen LogP) is 1.90. The van der Waals surface area contributed by atoms with E-state index in [4.69, 9.17) is 0 Å². The Bertz CT molecular complexity index is 784. The molecule has 8 nitrogen and oxygen atoms in total. The van der Waals surface area contributed by atoms with E-state index in [9.17, 15) is 4.79 Å². The molecule has 0 radical (unpaired) electrons. The Hall–Kier alpha value is -2.22. The van der Waals surface area contributed by atoms with Crippen LogP contribution in [0.25, 0.3) is 0 Å². The SMILES string of the molecule is CCn1ncc(C(=O)N2CCC(c3nnc(CN(C)C)n3CC)CC2)c1C. The van der Waals surface area contributed by atoms with Crippen LogP contribution in [0, 0.1) is 6.92 Å². The monoisotopic (exact) mass is 373 g/mol. The van der Waals surface area contributed by atoms with Gasteiger partial charge in [0, 0.05) is 37.8 Å². The van der Waals surface area contributed by atoms with Crippen molar-refractivity contribution in [1.82, 2.24) is 34.3 Å². The standard InChI is InChI=1S/C19H31N7O/c1-6-25-17(13-23(4)5)21-22-18(25)15-8-10-24(11-9-15)19(27)16-12-20-26(7-2)14(16)3/h12,15H,6-11,13H2,1-5H3. The second-order valence-electron chi connectivity index (χ2n) is 7.48. The lowest BCUT2D eigenvalue weighted by Crippen LogP contribution is -2.38. The predicted molar refractivity (Wildman–Crippen MR) is 104 cm³/mol. The maximum Gasteiger partial charge on any atom is 0.257 e. The molecule has 1 fully saturated rings. The first-order valence-electron chi connectivity index (χ1n) is 9.84. The van der Waals surface area contributed by atoms with E-state index in [1.807, 2.05) is 37.5 Å². The van der Waals surface area contributed by atoms with Crippen molar-refractivity contribution in [2.75, 3.05) is 27.2 Å². The molecule has 0 spiro atoms. The van der Waals surface area contributed by atoms with Crippen LogP contribution in [0.2, 0.25) is 0 Å². The number of hydrogen-bond donors (Lipinski definition) is 0. The topological polar surface area (TPSA) is 72.1 Å². The lowest BCUT2D eigenvalue weighted by molar-refractivity contribution is 0.0709. The number of likely N-dealkylation sites (tertiary alicyclic amines) is 1. The van der Waals surface area contributed by atoms with E-state index in [1.165, 1.54) is 0 Å². The molecule has 0 atom stereocenters. The van der Waals surface area contributed by atoms with E-state index in [2.05, 4.69) is 31.7 Å².